The zero-order chi connectivity index (χ0) is 23.4. The first kappa shape index (κ1) is 22.3. The van der Waals surface area contributed by atoms with Gasteiger partial charge in [-0.3, -0.25) is 14.7 Å². The van der Waals surface area contributed by atoms with E-state index in [0.29, 0.717) is 32.6 Å². The summed E-state index contributed by atoms with van der Waals surface area (Å²) in [7, 11) is 0. The van der Waals surface area contributed by atoms with Gasteiger partial charge in [-0.25, -0.2) is 4.98 Å². The number of aryl methyl sites for hydroxylation is 1. The maximum absolute atomic E-state index is 13.8. The lowest BCUT2D eigenvalue weighted by Crippen LogP contribution is -2.65. The Labute approximate surface area is 191 Å². The van der Waals surface area contributed by atoms with E-state index in [0.717, 1.165) is 29.2 Å². The highest BCUT2D eigenvalue weighted by molar-refractivity contribution is 5.87. The average Bonchev–Trinajstić information content (AvgIpc) is 3.24. The number of rotatable bonds is 4. The quantitative estimate of drug-likeness (QED) is 0.508. The predicted molar refractivity (Wildman–Crippen MR) is 122 cm³/mol. The number of hydrogen-bond acceptors (Lipinski definition) is 7. The van der Waals surface area contributed by atoms with Crippen molar-refractivity contribution >= 4 is 24.1 Å². The number of H-pyrrole nitrogens is 1. The van der Waals surface area contributed by atoms with Gasteiger partial charge in [0.25, 0.3) is 6.47 Å². The van der Waals surface area contributed by atoms with E-state index < -0.39 is 5.41 Å². The van der Waals surface area contributed by atoms with Crippen molar-refractivity contribution in [2.45, 2.75) is 26.3 Å². The third-order valence-electron chi connectivity index (χ3n) is 6.10. The molecule has 0 saturated carbocycles. The molecule has 172 valence electrons. The van der Waals surface area contributed by atoms with Gasteiger partial charge in [0.15, 0.2) is 0 Å². The lowest BCUT2D eigenvalue weighted by Gasteiger charge is -2.51. The van der Waals surface area contributed by atoms with Crippen LogP contribution in [0.4, 0.5) is 11.8 Å². The van der Waals surface area contributed by atoms with Gasteiger partial charge >= 0.3 is 0 Å². The molecule has 1 amide bonds. The van der Waals surface area contributed by atoms with Crippen LogP contribution in [0.5, 0.6) is 0 Å². The van der Waals surface area contributed by atoms with Crippen LogP contribution in [-0.2, 0) is 29.0 Å². The summed E-state index contributed by atoms with van der Waals surface area (Å²) in [6, 6.07) is 12.2. The van der Waals surface area contributed by atoms with Crippen LogP contribution < -0.4 is 10.6 Å². The topological polar surface area (TPSA) is 141 Å². The number of nitrogens with zero attached hydrogens (tertiary/aromatic N) is 5. The molecule has 2 aromatic heterocycles. The third kappa shape index (κ3) is 4.64. The van der Waals surface area contributed by atoms with Crippen LogP contribution in [0.3, 0.4) is 0 Å². The van der Waals surface area contributed by atoms with Gasteiger partial charge in [0.1, 0.15) is 5.82 Å². The summed E-state index contributed by atoms with van der Waals surface area (Å²) < 4.78 is 0. The van der Waals surface area contributed by atoms with Crippen LogP contribution in [0, 0.1) is 12.3 Å². The molecule has 4 heterocycles. The summed E-state index contributed by atoms with van der Waals surface area (Å²) in [4.78, 5) is 34.8. The van der Waals surface area contributed by atoms with Gasteiger partial charge in [-0.1, -0.05) is 30.3 Å². The van der Waals surface area contributed by atoms with Crippen molar-refractivity contribution in [3.05, 3.63) is 65.1 Å². The summed E-state index contributed by atoms with van der Waals surface area (Å²) in [6.07, 6.45) is 3.35. The fourth-order valence-corrected chi connectivity index (χ4v) is 4.62. The molecule has 33 heavy (non-hydrogen) atoms. The summed E-state index contributed by atoms with van der Waals surface area (Å²) in [5.74, 6) is 1.25. The second-order valence-corrected chi connectivity index (χ2v) is 8.48. The number of amides is 1. The molecular weight excluding hydrogens is 422 g/mol. The molecule has 4 N–H and O–H groups in total. The fraction of sp³-hybridized carbons (Fsp3) is 0.348. The van der Waals surface area contributed by atoms with Crippen LogP contribution in [0.2, 0.25) is 0 Å². The predicted octanol–water partition coefficient (Wildman–Crippen LogP) is 1.43. The van der Waals surface area contributed by atoms with Crippen molar-refractivity contribution in [2.75, 3.05) is 30.3 Å². The van der Waals surface area contributed by atoms with Crippen LogP contribution in [-0.4, -0.2) is 62.2 Å². The number of aromatic amines is 1. The zero-order valence-electron chi connectivity index (χ0n) is 18.4. The Morgan fingerprint density at radius 2 is 2.00 bits per heavy atom. The minimum absolute atomic E-state index is 0.202. The number of benzene rings is 1. The van der Waals surface area contributed by atoms with Crippen molar-refractivity contribution in [1.82, 2.24) is 25.1 Å². The van der Waals surface area contributed by atoms with E-state index in [1.807, 2.05) is 42.3 Å². The van der Waals surface area contributed by atoms with Crippen LogP contribution in [0.25, 0.3) is 0 Å². The Morgan fingerprint density at radius 3 is 2.70 bits per heavy atom. The maximum atomic E-state index is 13.8. The Kier molecular flexibility index (Phi) is 6.25. The van der Waals surface area contributed by atoms with Crippen LogP contribution >= 0.6 is 0 Å². The van der Waals surface area contributed by atoms with Crippen molar-refractivity contribution in [3.8, 4) is 0 Å². The number of nitrogens with one attached hydrogen (secondary N) is 1. The van der Waals surface area contributed by atoms with Crippen molar-refractivity contribution in [2.24, 2.45) is 5.41 Å². The normalized spacial score (nSPS) is 16.2. The maximum Gasteiger partial charge on any atom is 0.290 e. The molecule has 10 nitrogen and oxygen atoms in total. The standard InChI is InChI=1S/C22H25N7O.CH2O2/c1-15-9-19(26-21(23)25-15)29-13-22(14-29,10-16-5-3-2-4-6-16)20(30)28-8-7-18-17(12-28)11-24-27-18;2-1-3/h2-6,9,11H,7-8,10,12-14H2,1H3,(H,24,27)(H2,23,25,26);1H,(H,2,3). The van der Waals surface area contributed by atoms with Crippen LogP contribution in [0.1, 0.15) is 22.5 Å². The van der Waals surface area contributed by atoms with E-state index in [2.05, 4.69) is 37.2 Å². The SMILES string of the molecule is Cc1cc(N2CC(Cc3ccccc3)(C(=O)N3CCc4[nH]ncc4C3)C2)nc(N)n1.O=CO. The second kappa shape index (κ2) is 9.27. The summed E-state index contributed by atoms with van der Waals surface area (Å²) >= 11 is 0. The van der Waals surface area contributed by atoms with Gasteiger partial charge in [0.2, 0.25) is 11.9 Å². The fourth-order valence-electron chi connectivity index (χ4n) is 4.62. The van der Waals surface area contributed by atoms with Crippen molar-refractivity contribution in [1.29, 1.82) is 0 Å². The van der Waals surface area contributed by atoms with Crippen LogP contribution in [0.15, 0.2) is 42.6 Å². The van der Waals surface area contributed by atoms with Gasteiger partial charge in [0.05, 0.1) is 11.6 Å². The average molecular weight is 450 g/mol. The molecule has 0 aliphatic carbocycles. The first-order valence-electron chi connectivity index (χ1n) is 10.7. The molecule has 5 rings (SSSR count). The Bertz CT molecular complexity index is 1110. The molecule has 10 heteroatoms. The largest absolute Gasteiger partial charge is 0.483 e. The number of carboxylic acid groups (broad SMARTS) is 1. The number of nitrogen functional groups attached to an aromatic ring is 1. The number of fused-ring (bicyclic) bond motifs is 1. The highest BCUT2D eigenvalue weighted by Crippen LogP contribution is 2.39. The first-order valence-corrected chi connectivity index (χ1v) is 10.7. The molecule has 2 aliphatic heterocycles. The molecule has 0 spiro atoms. The number of carbonyl (C=O) groups excluding carboxylic acids is 1. The Balaban J connectivity index is 0.000000821. The smallest absolute Gasteiger partial charge is 0.290 e. The van der Waals surface area contributed by atoms with Gasteiger partial charge in [-0.05, 0) is 18.9 Å². The zero-order valence-corrected chi connectivity index (χ0v) is 18.4. The summed E-state index contributed by atoms with van der Waals surface area (Å²) in [5, 5.41) is 14.1. The molecule has 0 radical (unpaired) electrons. The van der Waals surface area contributed by atoms with E-state index in [1.165, 1.54) is 5.56 Å². The monoisotopic (exact) mass is 449 g/mol. The molecule has 1 fully saturated rings. The first-order chi connectivity index (χ1) is 15.9. The van der Waals surface area contributed by atoms with Gasteiger partial charge < -0.3 is 20.6 Å². The molecule has 0 bridgehead atoms. The molecule has 3 aromatic rings. The lowest BCUT2D eigenvalue weighted by atomic mass is 9.73. The van der Waals surface area contributed by atoms with E-state index in [9.17, 15) is 4.79 Å². The van der Waals surface area contributed by atoms with Crippen molar-refractivity contribution < 1.29 is 14.7 Å². The molecule has 0 unspecified atom stereocenters. The molecule has 1 aromatic carbocycles. The van der Waals surface area contributed by atoms with E-state index in [-0.39, 0.29) is 18.3 Å². The summed E-state index contributed by atoms with van der Waals surface area (Å²) in [5.41, 5.74) is 9.62. The number of nitrogens with two attached hydrogens (primary N) is 1. The van der Waals surface area contributed by atoms with E-state index in [4.69, 9.17) is 15.6 Å². The molecule has 2 aliphatic rings. The van der Waals surface area contributed by atoms with Gasteiger partial charge in [0, 0.05) is 55.6 Å². The summed E-state index contributed by atoms with van der Waals surface area (Å²) in [6.45, 7) is 4.21. The van der Waals surface area contributed by atoms with Gasteiger partial charge in [-0.15, -0.1) is 0 Å². The molecular formula is C23H27N7O3. The third-order valence-corrected chi connectivity index (χ3v) is 6.10. The number of hydrogen-bond donors (Lipinski definition) is 3. The van der Waals surface area contributed by atoms with E-state index in [1.54, 1.807) is 0 Å². The number of anilines is 2. The molecule has 0 atom stereocenters. The Hall–Kier alpha value is -3.95. The lowest BCUT2D eigenvalue weighted by molar-refractivity contribution is -0.145. The van der Waals surface area contributed by atoms with E-state index >= 15 is 0 Å². The number of aromatic nitrogens is 4. The minimum atomic E-state index is -0.476. The highest BCUT2D eigenvalue weighted by atomic mass is 16.3. The number of carbonyl (C=O) groups is 2. The highest BCUT2D eigenvalue weighted by Gasteiger charge is 2.51. The van der Waals surface area contributed by atoms with Gasteiger partial charge in [-0.2, -0.15) is 10.1 Å². The molecule has 1 saturated heterocycles. The Morgan fingerprint density at radius 1 is 1.27 bits per heavy atom. The van der Waals surface area contributed by atoms with Crippen molar-refractivity contribution in [3.63, 3.8) is 0 Å². The minimum Gasteiger partial charge on any atom is -0.483 e. The second-order valence-electron chi connectivity index (χ2n) is 8.48.